The maximum absolute atomic E-state index is 11.0. The highest BCUT2D eigenvalue weighted by Crippen LogP contribution is 2.20. The lowest BCUT2D eigenvalue weighted by Crippen LogP contribution is -2.21. The van der Waals surface area contributed by atoms with E-state index in [1.54, 1.807) is 0 Å². The highest BCUT2D eigenvalue weighted by Gasteiger charge is 2.08. The Hall–Kier alpha value is -1.55. The van der Waals surface area contributed by atoms with Crippen molar-refractivity contribution in [3.8, 4) is 5.75 Å². The molecular weight excluding hydrogens is 230 g/mol. The topological polar surface area (TPSA) is 61.5 Å². The number of hydrogen-bond acceptors (Lipinski definition) is 4. The lowest BCUT2D eigenvalue weighted by Gasteiger charge is -2.14. The van der Waals surface area contributed by atoms with Crippen LogP contribution in [0.3, 0.4) is 0 Å². The van der Waals surface area contributed by atoms with Crippen LogP contribution in [0.15, 0.2) is 24.3 Å². The van der Waals surface area contributed by atoms with Gasteiger partial charge in [-0.25, -0.2) is 0 Å². The van der Waals surface area contributed by atoms with Crippen molar-refractivity contribution in [2.45, 2.75) is 32.2 Å². The predicted molar refractivity (Wildman–Crippen MR) is 70.5 cm³/mol. The maximum Gasteiger partial charge on any atom is 0.308 e. The molecule has 0 bridgehead atoms. The number of carbonyl (C=O) groups is 1. The average molecular weight is 251 g/mol. The molecule has 0 fully saturated rings. The average Bonchev–Trinajstić information content (AvgIpc) is 2.40. The summed E-state index contributed by atoms with van der Waals surface area (Å²) in [7, 11) is 1.37. The molecule has 0 saturated heterocycles. The van der Waals surface area contributed by atoms with E-state index in [1.807, 2.05) is 24.3 Å². The van der Waals surface area contributed by atoms with Crippen LogP contribution in [0.5, 0.6) is 5.75 Å². The van der Waals surface area contributed by atoms with Gasteiger partial charge in [-0.1, -0.05) is 25.1 Å². The molecule has 0 saturated carbocycles. The Kier molecular flexibility index (Phi) is 6.22. The number of rotatable bonds is 7. The second-order valence-corrected chi connectivity index (χ2v) is 4.15. The van der Waals surface area contributed by atoms with Crippen LogP contribution >= 0.6 is 0 Å². The van der Waals surface area contributed by atoms with Crippen molar-refractivity contribution < 1.29 is 14.3 Å². The van der Waals surface area contributed by atoms with E-state index in [0.29, 0.717) is 6.61 Å². The van der Waals surface area contributed by atoms with Crippen LogP contribution in [0.1, 0.15) is 25.3 Å². The number of hydrogen-bond donors (Lipinski definition) is 1. The van der Waals surface area contributed by atoms with Crippen molar-refractivity contribution >= 4 is 5.97 Å². The minimum absolute atomic E-state index is 0.135. The first kappa shape index (κ1) is 14.5. The molecule has 0 heterocycles. The fraction of sp³-hybridized carbons (Fsp3) is 0.500. The smallest absolute Gasteiger partial charge is 0.308 e. The van der Waals surface area contributed by atoms with Crippen molar-refractivity contribution in [3.63, 3.8) is 0 Å². The summed E-state index contributed by atoms with van der Waals surface area (Å²) in [4.78, 5) is 11.0. The third-order valence-corrected chi connectivity index (χ3v) is 2.77. The first-order valence-electron chi connectivity index (χ1n) is 6.20. The monoisotopic (exact) mass is 251 g/mol. The van der Waals surface area contributed by atoms with Gasteiger partial charge in [-0.05, 0) is 24.5 Å². The number of nitrogens with two attached hydrogens (primary N) is 1. The predicted octanol–water partition coefficient (Wildman–Crippen LogP) is 1.91. The number of carbonyl (C=O) groups excluding carboxylic acids is 1. The molecule has 0 amide bonds. The number of ether oxygens (including phenoxy) is 2. The van der Waals surface area contributed by atoms with Crippen molar-refractivity contribution in [1.82, 2.24) is 0 Å². The van der Waals surface area contributed by atoms with Crippen molar-refractivity contribution in [1.29, 1.82) is 0 Å². The van der Waals surface area contributed by atoms with Gasteiger partial charge in [-0.15, -0.1) is 0 Å². The van der Waals surface area contributed by atoms with Crippen LogP contribution in [0, 0.1) is 0 Å². The zero-order valence-corrected chi connectivity index (χ0v) is 11.0. The summed E-state index contributed by atoms with van der Waals surface area (Å²) >= 11 is 0. The van der Waals surface area contributed by atoms with Crippen LogP contribution in [-0.2, 0) is 16.0 Å². The van der Waals surface area contributed by atoms with Gasteiger partial charge in [0, 0.05) is 6.04 Å². The maximum atomic E-state index is 11.0. The molecule has 1 aromatic carbocycles. The van der Waals surface area contributed by atoms with Crippen molar-refractivity contribution in [2.75, 3.05) is 13.7 Å². The van der Waals surface area contributed by atoms with E-state index in [9.17, 15) is 4.79 Å². The van der Waals surface area contributed by atoms with Crippen LogP contribution in [0.4, 0.5) is 0 Å². The van der Waals surface area contributed by atoms with Gasteiger partial charge in [0.1, 0.15) is 5.75 Å². The Bertz CT molecular complexity index is 379. The standard InChI is InChI=1S/C14H21NO3/c1-3-12(15)10-11-6-4-5-7-13(11)18-9-8-14(16)17-2/h4-7,12H,3,8-10,15H2,1-2H3. The van der Waals surface area contributed by atoms with Gasteiger partial charge in [0.25, 0.3) is 0 Å². The van der Waals surface area contributed by atoms with E-state index in [2.05, 4.69) is 11.7 Å². The summed E-state index contributed by atoms with van der Waals surface area (Å²) in [5.41, 5.74) is 7.02. The van der Waals surface area contributed by atoms with Crippen molar-refractivity contribution in [3.05, 3.63) is 29.8 Å². The number of para-hydroxylation sites is 1. The Morgan fingerprint density at radius 3 is 2.78 bits per heavy atom. The van der Waals surface area contributed by atoms with Crippen LogP contribution in [-0.4, -0.2) is 25.7 Å². The molecule has 1 atom stereocenters. The summed E-state index contributed by atoms with van der Waals surface area (Å²) in [6.45, 7) is 2.39. The van der Waals surface area contributed by atoms with E-state index in [0.717, 1.165) is 24.2 Å². The molecule has 1 aromatic rings. The molecule has 0 aromatic heterocycles. The summed E-state index contributed by atoms with van der Waals surface area (Å²) < 4.78 is 10.2. The minimum Gasteiger partial charge on any atom is -0.493 e. The van der Waals surface area contributed by atoms with Crippen LogP contribution in [0.2, 0.25) is 0 Å². The Morgan fingerprint density at radius 1 is 1.39 bits per heavy atom. The van der Waals surface area contributed by atoms with E-state index in [4.69, 9.17) is 10.5 Å². The molecule has 0 spiro atoms. The fourth-order valence-electron chi connectivity index (χ4n) is 1.59. The van der Waals surface area contributed by atoms with E-state index < -0.39 is 0 Å². The zero-order chi connectivity index (χ0) is 13.4. The lowest BCUT2D eigenvalue weighted by atomic mass is 10.0. The molecule has 1 unspecified atom stereocenters. The van der Waals surface area contributed by atoms with Crippen molar-refractivity contribution in [2.24, 2.45) is 5.73 Å². The normalized spacial score (nSPS) is 11.9. The number of methoxy groups -OCH3 is 1. The Labute approximate surface area is 108 Å². The molecule has 2 N–H and O–H groups in total. The third-order valence-electron chi connectivity index (χ3n) is 2.77. The largest absolute Gasteiger partial charge is 0.493 e. The van der Waals surface area contributed by atoms with Gasteiger partial charge >= 0.3 is 5.97 Å². The number of esters is 1. The van der Waals surface area contributed by atoms with Gasteiger partial charge in [-0.2, -0.15) is 0 Å². The molecule has 100 valence electrons. The molecule has 0 aliphatic rings. The molecule has 18 heavy (non-hydrogen) atoms. The minimum atomic E-state index is -0.266. The van der Waals surface area contributed by atoms with E-state index in [1.165, 1.54) is 7.11 Å². The van der Waals surface area contributed by atoms with Crippen LogP contribution < -0.4 is 10.5 Å². The molecule has 0 aliphatic heterocycles. The first-order valence-corrected chi connectivity index (χ1v) is 6.20. The third kappa shape index (κ3) is 4.75. The van der Waals surface area contributed by atoms with Gasteiger partial charge in [-0.3, -0.25) is 4.79 Å². The summed E-state index contributed by atoms with van der Waals surface area (Å²) in [6, 6.07) is 7.91. The van der Waals surface area contributed by atoms with E-state index in [-0.39, 0.29) is 18.4 Å². The lowest BCUT2D eigenvalue weighted by molar-refractivity contribution is -0.141. The molecule has 1 rings (SSSR count). The highest BCUT2D eigenvalue weighted by molar-refractivity contribution is 5.69. The van der Waals surface area contributed by atoms with Gasteiger partial charge in [0.15, 0.2) is 0 Å². The molecular formula is C14H21NO3. The number of benzene rings is 1. The molecule has 0 radical (unpaired) electrons. The zero-order valence-electron chi connectivity index (χ0n) is 11.0. The quantitative estimate of drug-likeness (QED) is 0.752. The van der Waals surface area contributed by atoms with Gasteiger partial charge in [0.05, 0.1) is 20.1 Å². The summed E-state index contributed by atoms with van der Waals surface area (Å²) in [6.07, 6.45) is 1.96. The first-order chi connectivity index (χ1) is 8.67. The SMILES string of the molecule is CCC(N)Cc1ccccc1OCCC(=O)OC. The second-order valence-electron chi connectivity index (χ2n) is 4.15. The molecule has 4 heteroatoms. The Balaban J connectivity index is 2.56. The highest BCUT2D eigenvalue weighted by atomic mass is 16.5. The summed E-state index contributed by atoms with van der Waals surface area (Å²) in [5, 5.41) is 0. The second kappa shape index (κ2) is 7.71. The Morgan fingerprint density at radius 2 is 2.11 bits per heavy atom. The van der Waals surface area contributed by atoms with E-state index >= 15 is 0 Å². The molecule has 0 aliphatic carbocycles. The molecule has 4 nitrogen and oxygen atoms in total. The van der Waals surface area contributed by atoms with Gasteiger partial charge in [0.2, 0.25) is 0 Å². The van der Waals surface area contributed by atoms with Gasteiger partial charge < -0.3 is 15.2 Å². The van der Waals surface area contributed by atoms with Crippen LogP contribution in [0.25, 0.3) is 0 Å². The summed E-state index contributed by atoms with van der Waals surface area (Å²) in [5.74, 6) is 0.531. The fourth-order valence-corrected chi connectivity index (χ4v) is 1.59.